The van der Waals surface area contributed by atoms with Gasteiger partial charge in [-0.25, -0.2) is 0 Å². The smallest absolute Gasteiger partial charge is 0.0468 e. The van der Waals surface area contributed by atoms with E-state index in [1.54, 1.807) is 0 Å². The standard InChI is InChI=1S/C64H45N/c1-64(53-21-6-3-7-22-53)61-27-11-10-24-60(61)63-59(26-14-28-62(63)64)52-30-29-51-43-56(40-35-50(51)42-52)65(55-38-33-47(34-39-55)58-25-13-18-46-17-8-9-23-57(46)58)54-36-31-45(32-37-54)49-20-12-19-48(41-49)44-15-4-2-5-16-44/h2-43H,1H3. The number of anilines is 3. The lowest BCUT2D eigenvalue weighted by Gasteiger charge is -2.28. The maximum Gasteiger partial charge on any atom is 0.0468 e. The van der Waals surface area contributed by atoms with Gasteiger partial charge in [-0.3, -0.25) is 0 Å². The summed E-state index contributed by atoms with van der Waals surface area (Å²) in [4.78, 5) is 2.38. The molecule has 0 radical (unpaired) electrons. The van der Waals surface area contributed by atoms with Crippen molar-refractivity contribution in [3.63, 3.8) is 0 Å². The minimum atomic E-state index is -0.240. The maximum absolute atomic E-state index is 2.39. The van der Waals surface area contributed by atoms with Crippen LogP contribution < -0.4 is 4.90 Å². The highest BCUT2D eigenvalue weighted by atomic mass is 15.1. The van der Waals surface area contributed by atoms with Gasteiger partial charge in [0.1, 0.15) is 0 Å². The summed E-state index contributed by atoms with van der Waals surface area (Å²) >= 11 is 0. The Morgan fingerprint density at radius 1 is 0.292 bits per heavy atom. The molecule has 306 valence electrons. The van der Waals surface area contributed by atoms with Crippen molar-refractivity contribution in [2.24, 2.45) is 0 Å². The van der Waals surface area contributed by atoms with E-state index in [4.69, 9.17) is 0 Å². The highest BCUT2D eigenvalue weighted by molar-refractivity contribution is 5.99. The Balaban J connectivity index is 0.938. The molecule has 65 heavy (non-hydrogen) atoms. The summed E-state index contributed by atoms with van der Waals surface area (Å²) < 4.78 is 0. The lowest BCUT2D eigenvalue weighted by Crippen LogP contribution is -2.22. The molecule has 1 aliphatic rings. The summed E-state index contributed by atoms with van der Waals surface area (Å²) in [6.45, 7) is 2.39. The van der Waals surface area contributed by atoms with Gasteiger partial charge in [-0.1, -0.05) is 206 Å². The van der Waals surface area contributed by atoms with Crippen LogP contribution in [0.2, 0.25) is 0 Å². The second-order valence-electron chi connectivity index (χ2n) is 17.4. The van der Waals surface area contributed by atoms with Gasteiger partial charge in [-0.05, 0) is 149 Å². The summed E-state index contributed by atoms with van der Waals surface area (Å²) in [5, 5.41) is 4.91. The molecule has 1 atom stereocenters. The molecule has 0 spiro atoms. The Labute approximate surface area is 381 Å². The third-order valence-corrected chi connectivity index (χ3v) is 13.7. The van der Waals surface area contributed by atoms with Crippen molar-refractivity contribution in [2.75, 3.05) is 4.90 Å². The van der Waals surface area contributed by atoms with Crippen LogP contribution in [0, 0.1) is 0 Å². The number of fused-ring (bicyclic) bond motifs is 5. The Morgan fingerprint density at radius 2 is 0.800 bits per heavy atom. The van der Waals surface area contributed by atoms with Gasteiger partial charge in [0.2, 0.25) is 0 Å². The van der Waals surface area contributed by atoms with Crippen molar-refractivity contribution in [1.82, 2.24) is 0 Å². The SMILES string of the molecule is CC1(c2ccccc2)c2ccccc2-c2c(-c3ccc4cc(N(c5ccc(-c6cccc(-c7ccccc7)c6)cc5)c5ccc(-c6cccc7ccccc67)cc5)ccc4c3)cccc21. The molecule has 11 aromatic carbocycles. The molecule has 0 bridgehead atoms. The molecule has 0 N–H and O–H groups in total. The van der Waals surface area contributed by atoms with Gasteiger partial charge < -0.3 is 4.90 Å². The number of nitrogens with zero attached hydrogens (tertiary/aromatic N) is 1. The first kappa shape index (κ1) is 38.4. The first-order chi connectivity index (χ1) is 32.1. The summed E-state index contributed by atoms with van der Waals surface area (Å²) in [5.41, 5.74) is 19.5. The van der Waals surface area contributed by atoms with Gasteiger partial charge in [0.15, 0.2) is 0 Å². The minimum Gasteiger partial charge on any atom is -0.310 e. The van der Waals surface area contributed by atoms with Crippen molar-refractivity contribution < 1.29 is 0 Å². The number of hydrogen-bond donors (Lipinski definition) is 0. The zero-order chi connectivity index (χ0) is 43.3. The van der Waals surface area contributed by atoms with E-state index in [0.717, 1.165) is 17.1 Å². The molecule has 0 heterocycles. The molecule has 12 rings (SSSR count). The van der Waals surface area contributed by atoms with Crippen molar-refractivity contribution in [3.8, 4) is 55.6 Å². The molecular formula is C64H45N. The third-order valence-electron chi connectivity index (χ3n) is 13.7. The summed E-state index contributed by atoms with van der Waals surface area (Å²) in [6.07, 6.45) is 0. The van der Waals surface area contributed by atoms with Crippen molar-refractivity contribution in [2.45, 2.75) is 12.3 Å². The summed E-state index contributed by atoms with van der Waals surface area (Å²) in [7, 11) is 0. The van der Waals surface area contributed by atoms with Gasteiger partial charge in [0.05, 0.1) is 0 Å². The van der Waals surface area contributed by atoms with Crippen molar-refractivity contribution in [1.29, 1.82) is 0 Å². The van der Waals surface area contributed by atoms with Crippen LogP contribution in [0.25, 0.3) is 77.2 Å². The molecule has 0 aromatic heterocycles. The van der Waals surface area contributed by atoms with Crippen LogP contribution >= 0.6 is 0 Å². The van der Waals surface area contributed by atoms with Crippen LogP contribution in [-0.2, 0) is 5.41 Å². The minimum absolute atomic E-state index is 0.240. The molecule has 0 saturated carbocycles. The van der Waals surface area contributed by atoms with Crippen molar-refractivity contribution in [3.05, 3.63) is 271 Å². The second kappa shape index (κ2) is 15.8. The number of rotatable bonds is 8. The fourth-order valence-corrected chi connectivity index (χ4v) is 10.4. The van der Waals surface area contributed by atoms with E-state index in [1.165, 1.54) is 93.9 Å². The van der Waals surface area contributed by atoms with Crippen LogP contribution in [0.5, 0.6) is 0 Å². The quantitative estimate of drug-likeness (QED) is 0.147. The molecule has 1 nitrogen and oxygen atoms in total. The van der Waals surface area contributed by atoms with E-state index in [2.05, 4.69) is 267 Å². The Morgan fingerprint density at radius 3 is 1.58 bits per heavy atom. The van der Waals surface area contributed by atoms with Crippen LogP contribution in [0.3, 0.4) is 0 Å². The first-order valence-electron chi connectivity index (χ1n) is 22.6. The Bertz CT molecular complexity index is 3530. The van der Waals surface area contributed by atoms with Crippen molar-refractivity contribution >= 4 is 38.6 Å². The van der Waals surface area contributed by atoms with E-state index < -0.39 is 0 Å². The number of hydrogen-bond acceptors (Lipinski definition) is 1. The van der Waals surface area contributed by atoms with E-state index in [1.807, 2.05) is 0 Å². The average Bonchev–Trinajstić information content (AvgIpc) is 3.65. The molecule has 0 aliphatic heterocycles. The van der Waals surface area contributed by atoms with Gasteiger partial charge in [0, 0.05) is 22.5 Å². The topological polar surface area (TPSA) is 3.24 Å². The molecule has 1 unspecified atom stereocenters. The van der Waals surface area contributed by atoms with E-state index in [-0.39, 0.29) is 5.41 Å². The monoisotopic (exact) mass is 827 g/mol. The van der Waals surface area contributed by atoms with Gasteiger partial charge in [-0.15, -0.1) is 0 Å². The first-order valence-corrected chi connectivity index (χ1v) is 22.6. The van der Waals surface area contributed by atoms with Crippen LogP contribution in [0.15, 0.2) is 255 Å². The Hall–Kier alpha value is -8.26. The van der Waals surface area contributed by atoms with Crippen LogP contribution in [0.4, 0.5) is 17.1 Å². The van der Waals surface area contributed by atoms with Crippen LogP contribution in [-0.4, -0.2) is 0 Å². The normalized spacial score (nSPS) is 14.0. The van der Waals surface area contributed by atoms with Crippen LogP contribution in [0.1, 0.15) is 23.6 Å². The van der Waals surface area contributed by atoms with Gasteiger partial charge >= 0.3 is 0 Å². The zero-order valence-corrected chi connectivity index (χ0v) is 36.2. The molecular weight excluding hydrogens is 783 g/mol. The highest BCUT2D eigenvalue weighted by Gasteiger charge is 2.41. The maximum atomic E-state index is 2.39. The molecule has 1 heteroatoms. The predicted octanol–water partition coefficient (Wildman–Crippen LogP) is 17.5. The largest absolute Gasteiger partial charge is 0.310 e. The van der Waals surface area contributed by atoms with Gasteiger partial charge in [-0.2, -0.15) is 0 Å². The number of benzene rings is 11. The van der Waals surface area contributed by atoms with E-state index in [0.29, 0.717) is 0 Å². The molecule has 0 saturated heterocycles. The lowest BCUT2D eigenvalue weighted by atomic mass is 9.74. The second-order valence-corrected chi connectivity index (χ2v) is 17.4. The lowest BCUT2D eigenvalue weighted by molar-refractivity contribution is 0.714. The third kappa shape index (κ3) is 6.64. The highest BCUT2D eigenvalue weighted by Crippen LogP contribution is 2.55. The Kier molecular flexibility index (Phi) is 9.35. The summed E-state index contributed by atoms with van der Waals surface area (Å²) in [6, 6.07) is 93.4. The average molecular weight is 828 g/mol. The fourth-order valence-electron chi connectivity index (χ4n) is 10.4. The van der Waals surface area contributed by atoms with Gasteiger partial charge in [0.25, 0.3) is 0 Å². The predicted molar refractivity (Wildman–Crippen MR) is 275 cm³/mol. The van der Waals surface area contributed by atoms with E-state index >= 15 is 0 Å². The molecule has 0 amide bonds. The summed E-state index contributed by atoms with van der Waals surface area (Å²) in [5.74, 6) is 0. The van der Waals surface area contributed by atoms with E-state index in [9.17, 15) is 0 Å². The zero-order valence-electron chi connectivity index (χ0n) is 36.2. The fraction of sp³-hybridized carbons (Fsp3) is 0.0312. The molecule has 11 aromatic rings. The molecule has 0 fully saturated rings. The molecule has 1 aliphatic carbocycles.